The fourth-order valence-corrected chi connectivity index (χ4v) is 7.82. The van der Waals surface area contributed by atoms with Crippen LogP contribution in [0.4, 0.5) is 34.1 Å². The average Bonchev–Trinajstić information content (AvgIpc) is 3.58. The van der Waals surface area contributed by atoms with Gasteiger partial charge in [0, 0.05) is 55.7 Å². The van der Waals surface area contributed by atoms with Gasteiger partial charge in [-0.25, -0.2) is 0 Å². The lowest BCUT2D eigenvalue weighted by Crippen LogP contribution is -2.11. The Morgan fingerprint density at radius 2 is 0.774 bits per heavy atom. The molecule has 0 bridgehead atoms. The third-order valence-corrected chi connectivity index (χ3v) is 10.6. The van der Waals surface area contributed by atoms with Crippen LogP contribution < -0.4 is 9.80 Å². The Labute approximate surface area is 311 Å². The van der Waals surface area contributed by atoms with E-state index < -0.39 is 0 Å². The number of rotatable bonds is 8. The van der Waals surface area contributed by atoms with Crippen molar-refractivity contribution in [1.82, 2.24) is 0 Å². The molecule has 0 fully saturated rings. The molecule has 0 saturated carbocycles. The largest absolute Gasteiger partial charge is 0.455 e. The summed E-state index contributed by atoms with van der Waals surface area (Å²) in [6.07, 6.45) is 0. The van der Waals surface area contributed by atoms with Gasteiger partial charge in [-0.15, -0.1) is 0 Å². The van der Waals surface area contributed by atoms with Gasteiger partial charge in [-0.2, -0.15) is 0 Å². The molecule has 0 aliphatic carbocycles. The predicted molar refractivity (Wildman–Crippen MR) is 226 cm³/mol. The minimum absolute atomic E-state index is 0.457. The molecule has 0 radical (unpaired) electrons. The van der Waals surface area contributed by atoms with Gasteiger partial charge in [0.2, 0.25) is 0 Å². The van der Waals surface area contributed by atoms with Crippen molar-refractivity contribution >= 4 is 77.6 Å². The first-order valence-corrected chi connectivity index (χ1v) is 18.7. The number of hydrogen-bond donors (Lipinski definition) is 0. The Bertz CT molecular complexity index is 2710. The molecule has 0 unspecified atom stereocenters. The molecule has 3 nitrogen and oxygen atoms in total. The van der Waals surface area contributed by atoms with Crippen molar-refractivity contribution in [2.24, 2.45) is 0 Å². The van der Waals surface area contributed by atoms with Crippen LogP contribution in [0.2, 0.25) is 0 Å². The first-order valence-electron chi connectivity index (χ1n) is 18.7. The van der Waals surface area contributed by atoms with Gasteiger partial charge < -0.3 is 14.2 Å². The molecule has 8 aromatic carbocycles. The van der Waals surface area contributed by atoms with Crippen molar-refractivity contribution in [3.8, 4) is 0 Å². The smallest absolute Gasteiger partial charge is 0.143 e. The third kappa shape index (κ3) is 5.70. The molecule has 0 amide bonds. The van der Waals surface area contributed by atoms with Crippen LogP contribution in [0.15, 0.2) is 174 Å². The predicted octanol–water partition coefficient (Wildman–Crippen LogP) is 15.1. The summed E-state index contributed by atoms with van der Waals surface area (Å²) in [5.74, 6) is 0.915. The maximum absolute atomic E-state index is 7.03. The van der Waals surface area contributed by atoms with Crippen molar-refractivity contribution in [3.05, 3.63) is 181 Å². The Morgan fingerprint density at radius 1 is 0.377 bits per heavy atom. The zero-order valence-corrected chi connectivity index (χ0v) is 30.6. The van der Waals surface area contributed by atoms with Gasteiger partial charge in [0.25, 0.3) is 0 Å². The van der Waals surface area contributed by atoms with E-state index in [1.165, 1.54) is 16.5 Å². The van der Waals surface area contributed by atoms with Crippen LogP contribution in [0, 0.1) is 0 Å². The lowest BCUT2D eigenvalue weighted by molar-refractivity contribution is 0.673. The maximum atomic E-state index is 7.03. The Kier molecular flexibility index (Phi) is 8.20. The van der Waals surface area contributed by atoms with Crippen LogP contribution in [0.5, 0.6) is 0 Å². The van der Waals surface area contributed by atoms with E-state index in [4.69, 9.17) is 4.42 Å². The van der Waals surface area contributed by atoms with E-state index in [0.29, 0.717) is 11.8 Å². The highest BCUT2D eigenvalue weighted by molar-refractivity contribution is 6.27. The molecule has 0 atom stereocenters. The number of benzene rings is 8. The highest BCUT2D eigenvalue weighted by Gasteiger charge is 2.24. The SMILES string of the molecule is CC(C)c1ccc(N(c2ccccc2)c2cc3c(oc4cc(N(c5ccccc5)c5ccc(C(C)C)cc5)c5ccccc5c43)c3ccccc23)cc1. The minimum Gasteiger partial charge on any atom is -0.455 e. The lowest BCUT2D eigenvalue weighted by atomic mass is 9.97. The summed E-state index contributed by atoms with van der Waals surface area (Å²) in [5.41, 5.74) is 11.0. The number of furan rings is 1. The van der Waals surface area contributed by atoms with Crippen LogP contribution >= 0.6 is 0 Å². The van der Waals surface area contributed by atoms with Crippen LogP contribution in [0.1, 0.15) is 50.7 Å². The van der Waals surface area contributed by atoms with Crippen LogP contribution in [-0.2, 0) is 0 Å². The molecular weight excluding hydrogens is 645 g/mol. The first-order chi connectivity index (χ1) is 26.0. The van der Waals surface area contributed by atoms with Crippen molar-refractivity contribution < 1.29 is 4.42 Å². The van der Waals surface area contributed by atoms with Gasteiger partial charge in [-0.05, 0) is 82.9 Å². The average molecular weight is 687 g/mol. The molecule has 3 heteroatoms. The highest BCUT2D eigenvalue weighted by atomic mass is 16.3. The standard InChI is InChI=1S/C50H42N2O/c1-33(2)35-23-27-39(28-24-35)51(37-15-7-5-8-16-37)46-31-45-49-43-21-13-11-19-41(43)47(32-48(49)53-50(45)44-22-14-12-20-42(44)46)52(38-17-9-6-10-18-38)40-29-25-36(26-30-40)34(3)4/h5-34H,1-4H3. The third-order valence-electron chi connectivity index (χ3n) is 10.6. The summed E-state index contributed by atoms with van der Waals surface area (Å²) >= 11 is 0. The number of anilines is 6. The molecule has 53 heavy (non-hydrogen) atoms. The monoisotopic (exact) mass is 686 g/mol. The number of fused-ring (bicyclic) bond motifs is 7. The minimum atomic E-state index is 0.457. The zero-order chi connectivity index (χ0) is 36.1. The molecule has 0 aliphatic rings. The Hall–Kier alpha value is -6.32. The molecule has 0 aliphatic heterocycles. The molecule has 0 saturated heterocycles. The van der Waals surface area contributed by atoms with Crippen LogP contribution in [0.3, 0.4) is 0 Å². The van der Waals surface area contributed by atoms with Crippen LogP contribution in [-0.4, -0.2) is 0 Å². The molecule has 9 rings (SSSR count). The van der Waals surface area contributed by atoms with E-state index in [-0.39, 0.29) is 0 Å². The second kappa shape index (κ2) is 13.3. The number of nitrogens with zero attached hydrogens (tertiary/aromatic N) is 2. The molecule has 0 spiro atoms. The van der Waals surface area contributed by atoms with Gasteiger partial charge in [0.05, 0.1) is 11.4 Å². The molecule has 9 aromatic rings. The lowest BCUT2D eigenvalue weighted by Gasteiger charge is -2.27. The van der Waals surface area contributed by atoms with E-state index in [2.05, 4.69) is 207 Å². The molecule has 0 N–H and O–H groups in total. The molecular formula is C50H42N2O. The van der Waals surface area contributed by atoms with Gasteiger partial charge in [0.1, 0.15) is 11.2 Å². The second-order valence-electron chi connectivity index (χ2n) is 14.6. The van der Waals surface area contributed by atoms with Gasteiger partial charge in [0.15, 0.2) is 0 Å². The normalized spacial score (nSPS) is 11.7. The highest BCUT2D eigenvalue weighted by Crippen LogP contribution is 2.49. The van der Waals surface area contributed by atoms with E-state index in [1.54, 1.807) is 0 Å². The number of para-hydroxylation sites is 2. The van der Waals surface area contributed by atoms with Crippen molar-refractivity contribution in [2.45, 2.75) is 39.5 Å². The summed E-state index contributed by atoms with van der Waals surface area (Å²) in [7, 11) is 0. The topological polar surface area (TPSA) is 19.6 Å². The Morgan fingerprint density at radius 3 is 1.26 bits per heavy atom. The van der Waals surface area contributed by atoms with Gasteiger partial charge in [-0.3, -0.25) is 0 Å². The van der Waals surface area contributed by atoms with E-state index in [9.17, 15) is 0 Å². The van der Waals surface area contributed by atoms with Crippen molar-refractivity contribution in [1.29, 1.82) is 0 Å². The summed E-state index contributed by atoms with van der Waals surface area (Å²) < 4.78 is 7.03. The maximum Gasteiger partial charge on any atom is 0.143 e. The molecule has 1 heterocycles. The van der Waals surface area contributed by atoms with Crippen molar-refractivity contribution in [2.75, 3.05) is 9.80 Å². The van der Waals surface area contributed by atoms with E-state index in [1.807, 2.05) is 0 Å². The molecule has 258 valence electrons. The fraction of sp³-hybridized carbons (Fsp3) is 0.120. The van der Waals surface area contributed by atoms with Crippen LogP contribution in [0.25, 0.3) is 43.5 Å². The Balaban J connectivity index is 1.33. The summed E-state index contributed by atoms with van der Waals surface area (Å²) in [6.45, 7) is 8.96. The second-order valence-corrected chi connectivity index (χ2v) is 14.6. The van der Waals surface area contributed by atoms with E-state index >= 15 is 0 Å². The van der Waals surface area contributed by atoms with E-state index in [0.717, 1.165) is 72.2 Å². The summed E-state index contributed by atoms with van der Waals surface area (Å²) in [4.78, 5) is 4.75. The quantitative estimate of drug-likeness (QED) is 0.159. The van der Waals surface area contributed by atoms with Crippen molar-refractivity contribution in [3.63, 3.8) is 0 Å². The van der Waals surface area contributed by atoms with Gasteiger partial charge >= 0.3 is 0 Å². The number of hydrogen-bond acceptors (Lipinski definition) is 3. The molecule has 1 aromatic heterocycles. The zero-order valence-electron chi connectivity index (χ0n) is 30.6. The fourth-order valence-electron chi connectivity index (χ4n) is 7.82. The summed E-state index contributed by atoms with van der Waals surface area (Å²) in [5, 5.41) is 6.77. The first kappa shape index (κ1) is 32.6. The van der Waals surface area contributed by atoms with Gasteiger partial charge in [-0.1, -0.05) is 137 Å². The summed E-state index contributed by atoms with van der Waals surface area (Å²) in [6, 6.07) is 61.4.